The molecule has 0 aliphatic carbocycles. The smallest absolute Gasteiger partial charge is 0.134 e. The summed E-state index contributed by atoms with van der Waals surface area (Å²) in [7, 11) is -2.98. The van der Waals surface area contributed by atoms with Gasteiger partial charge in [0.2, 0.25) is 0 Å². The number of hydrogen-bond acceptors (Lipinski definition) is 2. The van der Waals surface area contributed by atoms with Gasteiger partial charge in [-0.2, -0.15) is 0 Å². The van der Waals surface area contributed by atoms with Gasteiger partial charge in [0, 0.05) is 10.8 Å². The standard InChI is InChI=1S/C28H28O2Si2/c1-31(2,3)27-15-19-11-23-17(13-25(19)29-27)7-9-22-21(23)10-8-18-14-26-20(12-24(18)22)16-28(30-26)32(4,5)6/h7-16H,1-6H3. The molecule has 0 amide bonds. The van der Waals surface area contributed by atoms with E-state index < -0.39 is 16.1 Å². The van der Waals surface area contributed by atoms with E-state index in [9.17, 15) is 0 Å². The highest BCUT2D eigenvalue weighted by molar-refractivity contribution is 6.88. The number of fused-ring (bicyclic) bond motifs is 7. The lowest BCUT2D eigenvalue weighted by Gasteiger charge is -2.10. The summed E-state index contributed by atoms with van der Waals surface area (Å²) >= 11 is 0. The molecule has 0 bridgehead atoms. The molecule has 6 rings (SSSR count). The largest absolute Gasteiger partial charge is 0.466 e. The van der Waals surface area contributed by atoms with E-state index in [0.717, 1.165) is 21.9 Å². The maximum atomic E-state index is 6.26. The molecular formula is C28H28O2Si2. The van der Waals surface area contributed by atoms with Gasteiger partial charge in [-0.25, -0.2) is 0 Å². The van der Waals surface area contributed by atoms with Gasteiger partial charge in [-0.15, -0.1) is 0 Å². The summed E-state index contributed by atoms with van der Waals surface area (Å²) < 4.78 is 12.5. The van der Waals surface area contributed by atoms with Crippen LogP contribution >= 0.6 is 0 Å². The fourth-order valence-electron chi connectivity index (χ4n) is 4.68. The van der Waals surface area contributed by atoms with Crippen LogP contribution in [0, 0.1) is 0 Å². The Hall–Kier alpha value is -2.83. The van der Waals surface area contributed by atoms with Gasteiger partial charge >= 0.3 is 0 Å². The van der Waals surface area contributed by atoms with Crippen LogP contribution in [0.25, 0.3) is 54.3 Å². The summed E-state index contributed by atoms with van der Waals surface area (Å²) in [5.74, 6) is 0. The molecule has 0 N–H and O–H groups in total. The highest BCUT2D eigenvalue weighted by Crippen LogP contribution is 2.35. The fraction of sp³-hybridized carbons (Fsp3) is 0.214. The van der Waals surface area contributed by atoms with Crippen molar-refractivity contribution >= 4 is 81.2 Å². The average molecular weight is 453 g/mol. The fourth-order valence-corrected chi connectivity index (χ4v) is 6.69. The molecule has 4 heteroatoms. The first-order valence-electron chi connectivity index (χ1n) is 11.4. The molecule has 0 unspecified atom stereocenters. The van der Waals surface area contributed by atoms with Crippen LogP contribution in [0.4, 0.5) is 0 Å². The van der Waals surface area contributed by atoms with Crippen LogP contribution in [-0.4, -0.2) is 16.1 Å². The average Bonchev–Trinajstić information content (AvgIpc) is 3.33. The molecule has 6 aromatic rings. The van der Waals surface area contributed by atoms with E-state index in [1.165, 1.54) is 43.1 Å². The Morgan fingerprint density at radius 3 is 1.22 bits per heavy atom. The predicted octanol–water partition coefficient (Wildman–Crippen LogP) is 7.73. The van der Waals surface area contributed by atoms with Crippen LogP contribution in [-0.2, 0) is 0 Å². The van der Waals surface area contributed by atoms with Gasteiger partial charge in [0.1, 0.15) is 27.3 Å². The monoisotopic (exact) mass is 452 g/mol. The van der Waals surface area contributed by atoms with E-state index in [2.05, 4.69) is 99.9 Å². The Labute approximate surface area is 189 Å². The third kappa shape index (κ3) is 2.97. The normalized spacial score (nSPS) is 13.3. The molecule has 0 radical (unpaired) electrons. The minimum atomic E-state index is -1.49. The lowest BCUT2D eigenvalue weighted by atomic mass is 9.96. The number of furan rings is 2. The number of benzene rings is 4. The maximum absolute atomic E-state index is 6.26. The lowest BCUT2D eigenvalue weighted by molar-refractivity contribution is 0.648. The molecule has 0 saturated carbocycles. The molecule has 0 atom stereocenters. The second-order valence-corrected chi connectivity index (χ2v) is 21.2. The molecule has 0 aliphatic heterocycles. The van der Waals surface area contributed by atoms with Gasteiger partial charge in [-0.05, 0) is 68.7 Å². The van der Waals surface area contributed by atoms with E-state index in [4.69, 9.17) is 8.83 Å². The van der Waals surface area contributed by atoms with Crippen molar-refractivity contribution in [3.8, 4) is 0 Å². The van der Waals surface area contributed by atoms with Crippen molar-refractivity contribution in [3.63, 3.8) is 0 Å². The van der Waals surface area contributed by atoms with Gasteiger partial charge in [0.15, 0.2) is 0 Å². The summed E-state index contributed by atoms with van der Waals surface area (Å²) in [6.45, 7) is 14.0. The first kappa shape index (κ1) is 19.8. The van der Waals surface area contributed by atoms with E-state index in [0.29, 0.717) is 0 Å². The molecule has 2 aromatic heterocycles. The molecule has 0 fully saturated rings. The van der Waals surface area contributed by atoms with Crippen molar-refractivity contribution in [2.24, 2.45) is 0 Å². The van der Waals surface area contributed by atoms with Crippen LogP contribution in [0.3, 0.4) is 0 Å². The first-order valence-corrected chi connectivity index (χ1v) is 18.4. The van der Waals surface area contributed by atoms with Crippen molar-refractivity contribution in [1.29, 1.82) is 0 Å². The summed E-state index contributed by atoms with van der Waals surface area (Å²) in [6, 6.07) is 22.5. The molecule has 2 heterocycles. The Bertz CT molecular complexity index is 1560. The van der Waals surface area contributed by atoms with E-state index in [1.807, 2.05) is 0 Å². The van der Waals surface area contributed by atoms with Crippen molar-refractivity contribution in [2.45, 2.75) is 39.3 Å². The van der Waals surface area contributed by atoms with Gasteiger partial charge in [0.25, 0.3) is 0 Å². The molecule has 32 heavy (non-hydrogen) atoms. The second kappa shape index (κ2) is 6.36. The van der Waals surface area contributed by atoms with Gasteiger partial charge in [-0.3, -0.25) is 0 Å². The Kier molecular flexibility index (Phi) is 3.94. The third-order valence-corrected chi connectivity index (χ3v) is 10.0. The Morgan fingerprint density at radius 2 is 0.844 bits per heavy atom. The number of hydrogen-bond donors (Lipinski definition) is 0. The van der Waals surface area contributed by atoms with Crippen molar-refractivity contribution in [3.05, 3.63) is 60.7 Å². The second-order valence-electron chi connectivity index (χ2n) is 11.2. The highest BCUT2D eigenvalue weighted by atomic mass is 28.3. The molecule has 4 aromatic carbocycles. The Balaban J connectivity index is 1.64. The summed E-state index contributed by atoms with van der Waals surface area (Å²) in [5.41, 5.74) is 1.99. The summed E-state index contributed by atoms with van der Waals surface area (Å²) in [6.07, 6.45) is 0. The lowest BCUT2D eigenvalue weighted by Crippen LogP contribution is -2.36. The third-order valence-electron chi connectivity index (χ3n) is 6.58. The zero-order valence-corrected chi connectivity index (χ0v) is 21.6. The van der Waals surface area contributed by atoms with E-state index in [-0.39, 0.29) is 0 Å². The molecule has 0 aliphatic rings. The van der Waals surface area contributed by atoms with Gasteiger partial charge < -0.3 is 8.83 Å². The SMILES string of the molecule is C[Si](C)(C)c1cc2cc3c(ccc4c5cc6cc([Si](C)(C)C)oc6cc5ccc34)cc2o1. The minimum absolute atomic E-state index is 0.994. The number of rotatable bonds is 2. The molecule has 0 saturated heterocycles. The van der Waals surface area contributed by atoms with Crippen LogP contribution in [0.5, 0.6) is 0 Å². The van der Waals surface area contributed by atoms with Gasteiger partial charge in [-0.1, -0.05) is 63.5 Å². The van der Waals surface area contributed by atoms with Crippen molar-refractivity contribution in [2.75, 3.05) is 0 Å². The molecule has 0 spiro atoms. The topological polar surface area (TPSA) is 26.3 Å². The molecule has 2 nitrogen and oxygen atoms in total. The predicted molar refractivity (Wildman–Crippen MR) is 144 cm³/mol. The van der Waals surface area contributed by atoms with Gasteiger partial charge in [0.05, 0.1) is 10.8 Å². The summed E-state index contributed by atoms with van der Waals surface area (Å²) in [5, 5.41) is 12.3. The van der Waals surface area contributed by atoms with E-state index in [1.54, 1.807) is 0 Å². The van der Waals surface area contributed by atoms with Crippen LogP contribution in [0.1, 0.15) is 0 Å². The summed E-state index contributed by atoms with van der Waals surface area (Å²) in [4.78, 5) is 0. The van der Waals surface area contributed by atoms with Crippen molar-refractivity contribution < 1.29 is 8.83 Å². The van der Waals surface area contributed by atoms with Crippen molar-refractivity contribution in [1.82, 2.24) is 0 Å². The molecule has 160 valence electrons. The maximum Gasteiger partial charge on any atom is 0.134 e. The first-order chi connectivity index (χ1) is 15.1. The molecular weight excluding hydrogens is 424 g/mol. The minimum Gasteiger partial charge on any atom is -0.466 e. The van der Waals surface area contributed by atoms with Crippen LogP contribution in [0.2, 0.25) is 39.3 Å². The van der Waals surface area contributed by atoms with Crippen LogP contribution < -0.4 is 10.8 Å². The Morgan fingerprint density at radius 1 is 0.438 bits per heavy atom. The highest BCUT2D eigenvalue weighted by Gasteiger charge is 2.23. The zero-order valence-electron chi connectivity index (χ0n) is 19.6. The van der Waals surface area contributed by atoms with E-state index >= 15 is 0 Å². The zero-order chi connectivity index (χ0) is 22.4. The van der Waals surface area contributed by atoms with Crippen LogP contribution in [0.15, 0.2) is 69.5 Å². The quantitative estimate of drug-likeness (QED) is 0.198.